The molecule has 0 aliphatic heterocycles. The zero-order valence-corrected chi connectivity index (χ0v) is 11.6. The van der Waals surface area contributed by atoms with Gasteiger partial charge < -0.3 is 15.3 Å². The van der Waals surface area contributed by atoms with Crippen LogP contribution < -0.4 is 5.32 Å². The van der Waals surface area contributed by atoms with Crippen molar-refractivity contribution in [3.05, 3.63) is 29.6 Å². The molecule has 0 aliphatic carbocycles. The van der Waals surface area contributed by atoms with E-state index in [1.54, 1.807) is 14.0 Å². The molecule has 1 unspecified atom stereocenters. The molecule has 0 saturated carbocycles. The van der Waals surface area contributed by atoms with E-state index in [1.165, 1.54) is 23.2 Å². The van der Waals surface area contributed by atoms with Crippen molar-refractivity contribution in [3.63, 3.8) is 0 Å². The number of amides is 2. The first-order valence-electron chi connectivity index (χ1n) is 6.12. The molecule has 0 aliphatic rings. The van der Waals surface area contributed by atoms with Crippen molar-refractivity contribution >= 4 is 17.8 Å². The second kappa shape index (κ2) is 6.65. The first kappa shape index (κ1) is 15.6. The highest BCUT2D eigenvalue weighted by Gasteiger charge is 2.19. The summed E-state index contributed by atoms with van der Waals surface area (Å²) in [7, 11) is 1.64. The number of likely N-dealkylation sites (N-methyl/N-ethyl adjacent to an activating group) is 1. The van der Waals surface area contributed by atoms with Crippen LogP contribution in [-0.4, -0.2) is 52.4 Å². The highest BCUT2D eigenvalue weighted by molar-refractivity contribution is 5.99. The number of carbonyl (C=O) groups is 3. The summed E-state index contributed by atoms with van der Waals surface area (Å²) >= 11 is 0. The van der Waals surface area contributed by atoms with E-state index >= 15 is 0 Å². The fourth-order valence-electron chi connectivity index (χ4n) is 1.52. The summed E-state index contributed by atoms with van der Waals surface area (Å²) < 4.78 is 0. The summed E-state index contributed by atoms with van der Waals surface area (Å²) in [6.07, 6.45) is 1.24. The average Bonchev–Trinajstić information content (AvgIpc) is 2.45. The molecule has 0 spiro atoms. The van der Waals surface area contributed by atoms with Gasteiger partial charge in [-0.2, -0.15) is 0 Å². The topological polar surface area (TPSA) is 99.6 Å². The highest BCUT2D eigenvalue weighted by Crippen LogP contribution is 2.03. The molecule has 1 aromatic heterocycles. The van der Waals surface area contributed by atoms with Crippen LogP contribution in [-0.2, 0) is 4.79 Å². The number of rotatable bonds is 5. The van der Waals surface area contributed by atoms with Gasteiger partial charge >= 0.3 is 5.97 Å². The normalized spacial score (nSPS) is 11.6. The van der Waals surface area contributed by atoms with Crippen molar-refractivity contribution in [2.24, 2.45) is 0 Å². The van der Waals surface area contributed by atoms with Crippen molar-refractivity contribution in [3.8, 4) is 0 Å². The Morgan fingerprint density at radius 3 is 2.65 bits per heavy atom. The van der Waals surface area contributed by atoms with Gasteiger partial charge in [-0.1, -0.05) is 0 Å². The highest BCUT2D eigenvalue weighted by atomic mass is 16.4. The molecule has 0 aromatic carbocycles. The Morgan fingerprint density at radius 1 is 1.45 bits per heavy atom. The van der Waals surface area contributed by atoms with Crippen molar-refractivity contribution < 1.29 is 19.5 Å². The Morgan fingerprint density at radius 2 is 2.10 bits per heavy atom. The summed E-state index contributed by atoms with van der Waals surface area (Å²) in [6.45, 7) is 3.94. The Hall–Kier alpha value is -2.44. The first-order valence-corrected chi connectivity index (χ1v) is 6.12. The van der Waals surface area contributed by atoms with Gasteiger partial charge in [0.1, 0.15) is 11.7 Å². The molecule has 7 nitrogen and oxygen atoms in total. The lowest BCUT2D eigenvalue weighted by molar-refractivity contribution is -0.131. The molecule has 1 heterocycles. The summed E-state index contributed by atoms with van der Waals surface area (Å²) in [4.78, 5) is 39.7. The zero-order valence-electron chi connectivity index (χ0n) is 11.6. The Labute approximate surface area is 116 Å². The van der Waals surface area contributed by atoms with Crippen molar-refractivity contribution in [1.82, 2.24) is 15.2 Å². The summed E-state index contributed by atoms with van der Waals surface area (Å²) in [5.74, 6) is -1.94. The fourth-order valence-corrected chi connectivity index (χ4v) is 1.52. The molecule has 2 N–H and O–H groups in total. The van der Waals surface area contributed by atoms with Gasteiger partial charge in [-0.05, 0) is 26.0 Å². The van der Waals surface area contributed by atoms with Crippen LogP contribution in [0.5, 0.6) is 0 Å². The first-order chi connectivity index (χ1) is 9.36. The van der Waals surface area contributed by atoms with Gasteiger partial charge in [0.25, 0.3) is 5.91 Å². The van der Waals surface area contributed by atoms with Gasteiger partial charge in [0.2, 0.25) is 5.91 Å². The fraction of sp³-hybridized carbons (Fsp3) is 0.385. The van der Waals surface area contributed by atoms with Gasteiger partial charge in [0.15, 0.2) is 0 Å². The van der Waals surface area contributed by atoms with Gasteiger partial charge in [-0.25, -0.2) is 9.78 Å². The minimum absolute atomic E-state index is 0.149. The average molecular weight is 279 g/mol. The Bertz CT molecular complexity index is 530. The summed E-state index contributed by atoms with van der Waals surface area (Å²) in [6, 6.07) is 1.87. The molecule has 0 bridgehead atoms. The molecular weight excluding hydrogens is 262 g/mol. The number of aromatic nitrogens is 1. The molecule has 108 valence electrons. The largest absolute Gasteiger partial charge is 0.477 e. The molecule has 1 aromatic rings. The standard InChI is InChI=1S/C13H17N3O4/c1-4-16(3)12(18)8(2)15-11(17)9-5-6-14-10(7-9)13(19)20/h5-8H,4H2,1-3H3,(H,15,17)(H,19,20). The number of hydrogen-bond acceptors (Lipinski definition) is 4. The smallest absolute Gasteiger partial charge is 0.354 e. The lowest BCUT2D eigenvalue weighted by Crippen LogP contribution is -2.45. The minimum atomic E-state index is -1.21. The van der Waals surface area contributed by atoms with Gasteiger partial charge in [0.05, 0.1) is 0 Å². The van der Waals surface area contributed by atoms with Crippen LogP contribution in [0.2, 0.25) is 0 Å². The number of carboxylic acid groups (broad SMARTS) is 1. The number of carbonyl (C=O) groups excluding carboxylic acids is 2. The van der Waals surface area contributed by atoms with Crippen molar-refractivity contribution in [2.45, 2.75) is 19.9 Å². The predicted octanol–water partition coefficient (Wildman–Crippen LogP) is 0.376. The Balaban J connectivity index is 2.79. The van der Waals surface area contributed by atoms with E-state index in [1.807, 2.05) is 6.92 Å². The number of pyridine rings is 1. The number of carboxylic acids is 1. The van der Waals surface area contributed by atoms with Crippen molar-refractivity contribution in [1.29, 1.82) is 0 Å². The maximum Gasteiger partial charge on any atom is 0.354 e. The quantitative estimate of drug-likeness (QED) is 0.811. The van der Waals surface area contributed by atoms with Crippen molar-refractivity contribution in [2.75, 3.05) is 13.6 Å². The SMILES string of the molecule is CCN(C)C(=O)C(C)NC(=O)c1ccnc(C(=O)O)c1. The number of nitrogens with zero attached hydrogens (tertiary/aromatic N) is 2. The lowest BCUT2D eigenvalue weighted by Gasteiger charge is -2.20. The maximum atomic E-state index is 11.9. The number of nitrogens with one attached hydrogen (secondary N) is 1. The number of aromatic carboxylic acids is 1. The molecule has 1 atom stereocenters. The predicted molar refractivity (Wildman–Crippen MR) is 71.4 cm³/mol. The third-order valence-electron chi connectivity index (χ3n) is 2.81. The lowest BCUT2D eigenvalue weighted by atomic mass is 10.2. The van der Waals surface area contributed by atoms with E-state index in [2.05, 4.69) is 10.3 Å². The molecule has 2 amide bonds. The van der Waals surface area contributed by atoms with Crippen LogP contribution in [0.15, 0.2) is 18.3 Å². The third-order valence-corrected chi connectivity index (χ3v) is 2.81. The van der Waals surface area contributed by atoms with Gasteiger partial charge in [-0.15, -0.1) is 0 Å². The van der Waals surface area contributed by atoms with Crippen LogP contribution in [0.3, 0.4) is 0 Å². The number of hydrogen-bond donors (Lipinski definition) is 2. The second-order valence-corrected chi connectivity index (χ2v) is 4.28. The van der Waals surface area contributed by atoms with E-state index in [4.69, 9.17) is 5.11 Å². The van der Waals surface area contributed by atoms with E-state index in [9.17, 15) is 14.4 Å². The van der Waals surface area contributed by atoms with Crippen LogP contribution in [0.4, 0.5) is 0 Å². The Kier molecular flexibility index (Phi) is 5.19. The van der Waals surface area contributed by atoms with Crippen LogP contribution in [0, 0.1) is 0 Å². The molecule has 1 rings (SSSR count). The van der Waals surface area contributed by atoms with Crippen LogP contribution in [0.25, 0.3) is 0 Å². The van der Waals surface area contributed by atoms with Gasteiger partial charge in [0, 0.05) is 25.4 Å². The van der Waals surface area contributed by atoms with Crippen LogP contribution >= 0.6 is 0 Å². The zero-order chi connectivity index (χ0) is 15.3. The van der Waals surface area contributed by atoms with E-state index in [0.717, 1.165) is 0 Å². The molecular formula is C13H17N3O4. The molecule has 20 heavy (non-hydrogen) atoms. The minimum Gasteiger partial charge on any atom is -0.477 e. The molecule has 0 saturated heterocycles. The van der Waals surface area contributed by atoms with Crippen LogP contribution in [0.1, 0.15) is 34.7 Å². The van der Waals surface area contributed by atoms with E-state index in [-0.39, 0.29) is 17.2 Å². The third kappa shape index (κ3) is 3.78. The van der Waals surface area contributed by atoms with E-state index in [0.29, 0.717) is 6.54 Å². The maximum absolute atomic E-state index is 11.9. The molecule has 7 heteroatoms. The molecule has 0 fully saturated rings. The monoisotopic (exact) mass is 279 g/mol. The second-order valence-electron chi connectivity index (χ2n) is 4.28. The summed E-state index contributed by atoms with van der Waals surface area (Å²) in [5, 5.41) is 11.3. The van der Waals surface area contributed by atoms with Gasteiger partial charge in [-0.3, -0.25) is 9.59 Å². The summed E-state index contributed by atoms with van der Waals surface area (Å²) in [5.41, 5.74) is -0.0708. The van der Waals surface area contributed by atoms with E-state index < -0.39 is 17.9 Å². The molecule has 0 radical (unpaired) electrons.